The Hall–Kier alpha value is -1.12. The van der Waals surface area contributed by atoms with Crippen molar-refractivity contribution < 1.29 is 4.79 Å². The second-order valence-corrected chi connectivity index (χ2v) is 7.03. The summed E-state index contributed by atoms with van der Waals surface area (Å²) in [6.45, 7) is 3.54. The zero-order chi connectivity index (χ0) is 15.7. The van der Waals surface area contributed by atoms with Gasteiger partial charge in [-0.1, -0.05) is 0 Å². The molecule has 128 valence electrons. The molecule has 0 saturated carbocycles. The minimum Gasteiger partial charge on any atom is -0.341 e. The number of nitrogens with one attached hydrogen (secondary N) is 2. The van der Waals surface area contributed by atoms with Gasteiger partial charge < -0.3 is 10.2 Å². The molecule has 0 bridgehead atoms. The molecule has 1 aromatic heterocycles. The summed E-state index contributed by atoms with van der Waals surface area (Å²) in [7, 11) is 0. The third-order valence-electron chi connectivity index (χ3n) is 4.78. The summed E-state index contributed by atoms with van der Waals surface area (Å²) < 4.78 is 1.48. The summed E-state index contributed by atoms with van der Waals surface area (Å²) >= 11 is 3.07. The number of nitrogens with zero attached hydrogens (tertiary/aromatic N) is 2. The lowest BCUT2D eigenvalue weighted by atomic mass is 9.78. The quantitative estimate of drug-likeness (QED) is 0.739. The zero-order valence-electron chi connectivity index (χ0n) is 12.6. The highest BCUT2D eigenvalue weighted by molar-refractivity contribution is 9.10. The molecule has 3 heterocycles. The van der Waals surface area contributed by atoms with Gasteiger partial charge in [0, 0.05) is 25.8 Å². The molecule has 2 N–H and O–H groups in total. The Balaban J connectivity index is 0.00000192. The Labute approximate surface area is 148 Å². The third-order valence-corrected chi connectivity index (χ3v) is 5.35. The Morgan fingerprint density at radius 3 is 2.57 bits per heavy atom. The molecule has 0 aliphatic carbocycles. The molecule has 2 fully saturated rings. The van der Waals surface area contributed by atoms with Gasteiger partial charge >= 0.3 is 5.69 Å². The highest BCUT2D eigenvalue weighted by Gasteiger charge is 2.37. The highest BCUT2D eigenvalue weighted by Crippen LogP contribution is 2.36. The lowest BCUT2D eigenvalue weighted by molar-refractivity contribution is -0.134. The van der Waals surface area contributed by atoms with Gasteiger partial charge in [0.15, 0.2) is 0 Å². The average molecular weight is 408 g/mol. The normalized spacial score (nSPS) is 19.6. The maximum Gasteiger partial charge on any atom is 0.328 e. The molecule has 0 aromatic carbocycles. The minimum atomic E-state index is -0.560. The number of carbonyl (C=O) groups is 1. The van der Waals surface area contributed by atoms with Crippen LogP contribution in [0.25, 0.3) is 0 Å². The predicted molar refractivity (Wildman–Crippen MR) is 92.0 cm³/mol. The van der Waals surface area contributed by atoms with Gasteiger partial charge in [-0.3, -0.25) is 19.1 Å². The standard InChI is InChI=1S/C14H19BrN4O3.ClH/c15-10-7-19(13(22)17-12(10)21)8-11(20)18-5-2-14(3-6-18)1-4-16-9-14;/h7,16H,1-6,8-9H2,(H,17,21,22);1H. The van der Waals surface area contributed by atoms with Gasteiger partial charge in [0.25, 0.3) is 5.56 Å². The van der Waals surface area contributed by atoms with E-state index < -0.39 is 11.2 Å². The monoisotopic (exact) mass is 406 g/mol. The van der Waals surface area contributed by atoms with Crippen LogP contribution < -0.4 is 16.6 Å². The Kier molecular flexibility index (Phi) is 5.70. The number of halogens is 2. The molecular formula is C14H20BrClN4O3. The van der Waals surface area contributed by atoms with Gasteiger partial charge in [-0.2, -0.15) is 0 Å². The van der Waals surface area contributed by atoms with E-state index in [1.165, 1.54) is 17.2 Å². The first-order valence-electron chi connectivity index (χ1n) is 7.47. The van der Waals surface area contributed by atoms with E-state index in [1.807, 2.05) is 4.90 Å². The van der Waals surface area contributed by atoms with Crippen molar-refractivity contribution >= 4 is 34.2 Å². The molecule has 3 rings (SSSR count). The zero-order valence-corrected chi connectivity index (χ0v) is 15.0. The summed E-state index contributed by atoms with van der Waals surface area (Å²) in [6, 6.07) is 0. The maximum atomic E-state index is 12.4. The van der Waals surface area contributed by atoms with Crippen molar-refractivity contribution in [1.82, 2.24) is 19.8 Å². The summed E-state index contributed by atoms with van der Waals surface area (Å²) in [4.78, 5) is 39.4. The van der Waals surface area contributed by atoms with Gasteiger partial charge in [0.05, 0.1) is 4.47 Å². The van der Waals surface area contributed by atoms with Crippen LogP contribution in [0.3, 0.4) is 0 Å². The first kappa shape index (κ1) is 18.2. The van der Waals surface area contributed by atoms with Crippen molar-refractivity contribution in [2.75, 3.05) is 26.2 Å². The molecule has 0 radical (unpaired) electrons. The molecule has 1 aromatic rings. The van der Waals surface area contributed by atoms with E-state index in [1.54, 1.807) is 0 Å². The SMILES string of the molecule is Cl.O=C(Cn1cc(Br)c(=O)[nH]c1=O)N1CCC2(CCNC2)CC1. The number of hydrogen-bond donors (Lipinski definition) is 2. The van der Waals surface area contributed by atoms with Gasteiger partial charge in [-0.25, -0.2) is 4.79 Å². The molecule has 2 aliphatic rings. The van der Waals surface area contributed by atoms with Gasteiger partial charge in [-0.15, -0.1) is 12.4 Å². The topological polar surface area (TPSA) is 87.2 Å². The van der Waals surface area contributed by atoms with E-state index in [0.717, 1.165) is 39.0 Å². The van der Waals surface area contributed by atoms with Crippen LogP contribution in [0.4, 0.5) is 0 Å². The molecule has 1 spiro atoms. The van der Waals surface area contributed by atoms with Gasteiger partial charge in [0.1, 0.15) is 6.54 Å². The van der Waals surface area contributed by atoms with Crippen LogP contribution in [0.1, 0.15) is 19.3 Å². The fourth-order valence-corrected chi connectivity index (χ4v) is 3.64. The lowest BCUT2D eigenvalue weighted by Crippen LogP contribution is -2.46. The number of aromatic nitrogens is 2. The number of carbonyl (C=O) groups excluding carboxylic acids is 1. The van der Waals surface area contributed by atoms with Crippen molar-refractivity contribution in [3.8, 4) is 0 Å². The number of hydrogen-bond acceptors (Lipinski definition) is 4. The van der Waals surface area contributed by atoms with Crippen molar-refractivity contribution in [2.24, 2.45) is 5.41 Å². The number of piperidine rings is 1. The fourth-order valence-electron chi connectivity index (χ4n) is 3.30. The van der Waals surface area contributed by atoms with Crippen LogP contribution in [0.5, 0.6) is 0 Å². The van der Waals surface area contributed by atoms with Crippen molar-refractivity contribution in [3.63, 3.8) is 0 Å². The van der Waals surface area contributed by atoms with Crippen LogP contribution in [0, 0.1) is 5.41 Å². The van der Waals surface area contributed by atoms with E-state index in [2.05, 4.69) is 26.2 Å². The minimum absolute atomic E-state index is 0. The summed E-state index contributed by atoms with van der Waals surface area (Å²) in [5.41, 5.74) is -0.688. The predicted octanol–water partition coefficient (Wildman–Crippen LogP) is 0.323. The second kappa shape index (κ2) is 7.19. The largest absolute Gasteiger partial charge is 0.341 e. The van der Waals surface area contributed by atoms with Gasteiger partial charge in [-0.05, 0) is 47.2 Å². The van der Waals surface area contributed by atoms with Crippen LogP contribution >= 0.6 is 28.3 Å². The summed E-state index contributed by atoms with van der Waals surface area (Å²) in [5, 5.41) is 3.40. The first-order valence-corrected chi connectivity index (χ1v) is 8.26. The Bertz CT molecular complexity index is 686. The van der Waals surface area contributed by atoms with Crippen molar-refractivity contribution in [2.45, 2.75) is 25.8 Å². The number of likely N-dealkylation sites (tertiary alicyclic amines) is 1. The van der Waals surface area contributed by atoms with Crippen LogP contribution in [0.2, 0.25) is 0 Å². The molecule has 7 nitrogen and oxygen atoms in total. The van der Waals surface area contributed by atoms with E-state index >= 15 is 0 Å². The lowest BCUT2D eigenvalue weighted by Gasteiger charge is -2.38. The van der Waals surface area contributed by atoms with Crippen molar-refractivity contribution in [3.05, 3.63) is 31.5 Å². The maximum absolute atomic E-state index is 12.4. The number of rotatable bonds is 2. The summed E-state index contributed by atoms with van der Waals surface area (Å²) in [5.74, 6) is -0.0816. The number of amides is 1. The van der Waals surface area contributed by atoms with E-state index in [9.17, 15) is 14.4 Å². The molecule has 2 saturated heterocycles. The molecule has 2 aliphatic heterocycles. The summed E-state index contributed by atoms with van der Waals surface area (Å²) in [6.07, 6.45) is 4.57. The van der Waals surface area contributed by atoms with E-state index in [-0.39, 0.29) is 29.3 Å². The highest BCUT2D eigenvalue weighted by atomic mass is 79.9. The molecule has 0 unspecified atom stereocenters. The second-order valence-electron chi connectivity index (χ2n) is 6.17. The van der Waals surface area contributed by atoms with Crippen LogP contribution in [0.15, 0.2) is 20.3 Å². The van der Waals surface area contributed by atoms with Crippen LogP contribution in [-0.2, 0) is 11.3 Å². The molecule has 0 atom stereocenters. The first-order chi connectivity index (χ1) is 10.5. The molecule has 9 heteroatoms. The van der Waals surface area contributed by atoms with Crippen LogP contribution in [-0.4, -0.2) is 46.5 Å². The average Bonchev–Trinajstić information content (AvgIpc) is 2.93. The number of aromatic amines is 1. The Morgan fingerprint density at radius 1 is 1.26 bits per heavy atom. The van der Waals surface area contributed by atoms with E-state index in [0.29, 0.717) is 5.41 Å². The smallest absolute Gasteiger partial charge is 0.328 e. The third kappa shape index (κ3) is 3.87. The van der Waals surface area contributed by atoms with E-state index in [4.69, 9.17) is 0 Å². The van der Waals surface area contributed by atoms with Gasteiger partial charge in [0.2, 0.25) is 5.91 Å². The fraction of sp³-hybridized carbons (Fsp3) is 0.643. The Morgan fingerprint density at radius 2 is 1.96 bits per heavy atom. The number of H-pyrrole nitrogens is 1. The molecule has 23 heavy (non-hydrogen) atoms. The van der Waals surface area contributed by atoms with Crippen molar-refractivity contribution in [1.29, 1.82) is 0 Å². The molecular weight excluding hydrogens is 388 g/mol. The molecule has 1 amide bonds.